The van der Waals surface area contributed by atoms with E-state index >= 15 is 0 Å². The van der Waals surface area contributed by atoms with E-state index in [1.807, 2.05) is 26.0 Å². The Kier molecular flexibility index (Phi) is 11.2. The molecule has 0 radical (unpaired) electrons. The second kappa shape index (κ2) is 12.9. The van der Waals surface area contributed by atoms with Crippen molar-refractivity contribution in [2.24, 2.45) is 11.8 Å². The van der Waals surface area contributed by atoms with Gasteiger partial charge in [0.1, 0.15) is 5.52 Å². The van der Waals surface area contributed by atoms with Crippen LogP contribution in [0.4, 0.5) is 0 Å². The Morgan fingerprint density at radius 3 is 2.42 bits per heavy atom. The summed E-state index contributed by atoms with van der Waals surface area (Å²) in [5.74, 6) is 1.49. The number of rotatable bonds is 11. The van der Waals surface area contributed by atoms with Crippen LogP contribution >= 0.6 is 0 Å². The van der Waals surface area contributed by atoms with Crippen LogP contribution in [-0.2, 0) is 6.67 Å². The van der Waals surface area contributed by atoms with E-state index in [4.69, 9.17) is 0 Å². The van der Waals surface area contributed by atoms with Gasteiger partial charge >= 0.3 is 0 Å². The van der Waals surface area contributed by atoms with Crippen LogP contribution in [0.1, 0.15) is 73.6 Å². The van der Waals surface area contributed by atoms with Gasteiger partial charge in [0.2, 0.25) is 0 Å². The molecule has 2 atom stereocenters. The standard InChI is InChI=1S/C20H34N4.C2H6/c1-5-8-11-18(7-3)15-23(14-17(4)6-2)16-24-20-13-10-9-12-19(20)21-22-24;1-2/h9-10,12-13,17-18H,5-8,11,14-16H2,1-4H3;1-2H3. The van der Waals surface area contributed by atoms with E-state index in [-0.39, 0.29) is 0 Å². The highest BCUT2D eigenvalue weighted by Gasteiger charge is 2.16. The highest BCUT2D eigenvalue weighted by molar-refractivity contribution is 5.73. The van der Waals surface area contributed by atoms with Crippen LogP contribution < -0.4 is 0 Å². The third kappa shape index (κ3) is 7.06. The largest absolute Gasteiger partial charge is 0.284 e. The molecule has 4 heteroatoms. The highest BCUT2D eigenvalue weighted by Crippen LogP contribution is 2.18. The maximum absolute atomic E-state index is 4.39. The lowest BCUT2D eigenvalue weighted by molar-refractivity contribution is 0.147. The molecule has 26 heavy (non-hydrogen) atoms. The normalized spacial score (nSPS) is 13.5. The third-order valence-corrected chi connectivity index (χ3v) is 5.08. The molecular weight excluding hydrogens is 320 g/mol. The minimum atomic E-state index is 0.712. The summed E-state index contributed by atoms with van der Waals surface area (Å²) in [6.07, 6.45) is 6.44. The molecule has 2 unspecified atom stereocenters. The van der Waals surface area contributed by atoms with Crippen LogP contribution in [0.2, 0.25) is 0 Å². The van der Waals surface area contributed by atoms with Gasteiger partial charge in [0.05, 0.1) is 12.2 Å². The van der Waals surface area contributed by atoms with Gasteiger partial charge in [-0.25, -0.2) is 4.68 Å². The Morgan fingerprint density at radius 1 is 1.04 bits per heavy atom. The van der Waals surface area contributed by atoms with Gasteiger partial charge in [0.15, 0.2) is 0 Å². The molecule has 0 N–H and O–H groups in total. The Bertz CT molecular complexity index is 593. The van der Waals surface area contributed by atoms with Crippen molar-refractivity contribution in [3.63, 3.8) is 0 Å². The fourth-order valence-corrected chi connectivity index (χ4v) is 3.25. The number of hydrogen-bond acceptors (Lipinski definition) is 3. The fourth-order valence-electron chi connectivity index (χ4n) is 3.25. The lowest BCUT2D eigenvalue weighted by Crippen LogP contribution is -2.35. The summed E-state index contributed by atoms with van der Waals surface area (Å²) in [5.41, 5.74) is 2.12. The molecule has 0 aliphatic heterocycles. The zero-order valence-electron chi connectivity index (χ0n) is 17.9. The summed E-state index contributed by atoms with van der Waals surface area (Å²) >= 11 is 0. The average Bonchev–Trinajstić information content (AvgIpc) is 3.09. The predicted octanol–water partition coefficient (Wildman–Crippen LogP) is 5.98. The Balaban J connectivity index is 0.00000163. The number of fused-ring (bicyclic) bond motifs is 1. The average molecular weight is 361 g/mol. The van der Waals surface area contributed by atoms with Crippen LogP contribution in [0.3, 0.4) is 0 Å². The molecule has 0 saturated carbocycles. The van der Waals surface area contributed by atoms with Gasteiger partial charge in [-0.3, -0.25) is 4.90 Å². The maximum Gasteiger partial charge on any atom is 0.113 e. The van der Waals surface area contributed by atoms with Gasteiger partial charge in [-0.2, -0.15) is 0 Å². The summed E-state index contributed by atoms with van der Waals surface area (Å²) in [4.78, 5) is 2.58. The first-order chi connectivity index (χ1) is 12.7. The number of aromatic nitrogens is 3. The van der Waals surface area contributed by atoms with Gasteiger partial charge in [0, 0.05) is 13.1 Å². The van der Waals surface area contributed by atoms with E-state index < -0.39 is 0 Å². The smallest absolute Gasteiger partial charge is 0.113 e. The second-order valence-electron chi connectivity index (χ2n) is 7.19. The SMILES string of the molecule is CC.CCCCC(CC)CN(CC(C)CC)Cn1nnc2ccccc21. The first-order valence-electron chi connectivity index (χ1n) is 10.7. The second-order valence-corrected chi connectivity index (χ2v) is 7.19. The van der Waals surface area contributed by atoms with Crippen molar-refractivity contribution in [1.29, 1.82) is 0 Å². The Morgan fingerprint density at radius 2 is 1.77 bits per heavy atom. The van der Waals surface area contributed by atoms with Crippen molar-refractivity contribution >= 4 is 11.0 Å². The van der Waals surface area contributed by atoms with E-state index in [9.17, 15) is 0 Å². The van der Waals surface area contributed by atoms with Crippen LogP contribution in [-0.4, -0.2) is 33.0 Å². The zero-order valence-corrected chi connectivity index (χ0v) is 17.9. The quantitative estimate of drug-likeness (QED) is 0.494. The molecule has 0 saturated heterocycles. The summed E-state index contributed by atoms with van der Waals surface area (Å²) in [6.45, 7) is 16.4. The third-order valence-electron chi connectivity index (χ3n) is 5.08. The maximum atomic E-state index is 4.39. The monoisotopic (exact) mass is 360 g/mol. The summed E-state index contributed by atoms with van der Waals surface area (Å²) in [6, 6.07) is 8.24. The number of nitrogens with zero attached hydrogens (tertiary/aromatic N) is 4. The number of hydrogen-bond donors (Lipinski definition) is 0. The molecule has 148 valence electrons. The minimum Gasteiger partial charge on any atom is -0.284 e. The van der Waals surface area contributed by atoms with Crippen molar-refractivity contribution in [2.45, 2.75) is 80.3 Å². The first kappa shape index (κ1) is 22.6. The van der Waals surface area contributed by atoms with Crippen LogP contribution in [0.25, 0.3) is 11.0 Å². The van der Waals surface area contributed by atoms with Gasteiger partial charge in [-0.05, 0) is 30.4 Å². The molecule has 0 spiro atoms. The predicted molar refractivity (Wildman–Crippen MR) is 113 cm³/mol. The van der Waals surface area contributed by atoms with Crippen molar-refractivity contribution in [2.75, 3.05) is 13.1 Å². The van der Waals surface area contributed by atoms with Crippen LogP contribution in [0.15, 0.2) is 24.3 Å². The van der Waals surface area contributed by atoms with Gasteiger partial charge in [-0.1, -0.05) is 84.6 Å². The Hall–Kier alpha value is -1.42. The van der Waals surface area contributed by atoms with Crippen molar-refractivity contribution in [3.8, 4) is 0 Å². The molecule has 2 rings (SSSR count). The molecule has 0 amide bonds. The van der Waals surface area contributed by atoms with E-state index in [0.29, 0.717) is 5.92 Å². The summed E-state index contributed by atoms with van der Waals surface area (Å²) < 4.78 is 2.06. The number of unbranched alkanes of at least 4 members (excludes halogenated alkanes) is 1. The van der Waals surface area contributed by atoms with Crippen molar-refractivity contribution < 1.29 is 0 Å². The van der Waals surface area contributed by atoms with Gasteiger partial charge in [-0.15, -0.1) is 5.10 Å². The van der Waals surface area contributed by atoms with E-state index in [1.54, 1.807) is 0 Å². The lowest BCUT2D eigenvalue weighted by atomic mass is 9.98. The first-order valence-corrected chi connectivity index (χ1v) is 10.7. The topological polar surface area (TPSA) is 34.0 Å². The molecule has 0 fully saturated rings. The van der Waals surface area contributed by atoms with E-state index in [0.717, 1.165) is 36.7 Å². The Labute approximate surface area is 161 Å². The highest BCUT2D eigenvalue weighted by atomic mass is 15.5. The molecule has 0 aliphatic carbocycles. The van der Waals surface area contributed by atoms with E-state index in [2.05, 4.69) is 59.7 Å². The van der Waals surface area contributed by atoms with Crippen molar-refractivity contribution in [1.82, 2.24) is 19.9 Å². The number of para-hydroxylation sites is 1. The molecule has 0 aliphatic rings. The fraction of sp³-hybridized carbons (Fsp3) is 0.727. The molecule has 4 nitrogen and oxygen atoms in total. The van der Waals surface area contributed by atoms with Crippen LogP contribution in [0.5, 0.6) is 0 Å². The van der Waals surface area contributed by atoms with E-state index in [1.165, 1.54) is 32.1 Å². The molecule has 0 bridgehead atoms. The molecule has 1 heterocycles. The number of benzene rings is 1. The minimum absolute atomic E-state index is 0.712. The molecule has 1 aromatic carbocycles. The molecule has 1 aromatic heterocycles. The lowest BCUT2D eigenvalue weighted by Gasteiger charge is -2.29. The van der Waals surface area contributed by atoms with Crippen molar-refractivity contribution in [3.05, 3.63) is 24.3 Å². The van der Waals surface area contributed by atoms with Gasteiger partial charge < -0.3 is 0 Å². The summed E-state index contributed by atoms with van der Waals surface area (Å²) in [7, 11) is 0. The van der Waals surface area contributed by atoms with Gasteiger partial charge in [0.25, 0.3) is 0 Å². The zero-order chi connectivity index (χ0) is 19.4. The molecular formula is C22H40N4. The van der Waals surface area contributed by atoms with Crippen LogP contribution in [0, 0.1) is 11.8 Å². The summed E-state index contributed by atoms with van der Waals surface area (Å²) in [5, 5.41) is 8.69. The molecule has 2 aromatic rings.